The summed E-state index contributed by atoms with van der Waals surface area (Å²) >= 11 is 0. The fourth-order valence-electron chi connectivity index (χ4n) is 1.22. The van der Waals surface area contributed by atoms with Gasteiger partial charge in [-0.2, -0.15) is 0 Å². The highest BCUT2D eigenvalue weighted by molar-refractivity contribution is 6.40. The quantitative estimate of drug-likeness (QED) is 0.451. The van der Waals surface area contributed by atoms with Gasteiger partial charge in [0.2, 0.25) is 0 Å². The van der Waals surface area contributed by atoms with Crippen LogP contribution in [0.5, 0.6) is 0 Å². The van der Waals surface area contributed by atoms with Crippen molar-refractivity contribution < 1.29 is 0 Å². The van der Waals surface area contributed by atoms with E-state index in [4.69, 9.17) is 15.7 Å². The molecule has 0 amide bonds. The topological polar surface area (TPSA) is 0 Å². The molecule has 0 nitrogen and oxygen atoms in total. The molecule has 0 aliphatic rings. The van der Waals surface area contributed by atoms with Crippen molar-refractivity contribution in [3.05, 3.63) is 22.8 Å². The monoisotopic (exact) mass is 140 g/mol. The maximum absolute atomic E-state index is 5.77. The Kier molecular flexibility index (Phi) is 2.12. The standard InChI is InChI=1S/C9H10B2/c1-5-4-6(2)9(11)7(3)8(5)10/h4H,1-3H3. The van der Waals surface area contributed by atoms with Crippen LogP contribution in [0.2, 0.25) is 0 Å². The molecule has 0 heterocycles. The van der Waals surface area contributed by atoms with Crippen LogP contribution < -0.4 is 10.9 Å². The molecular formula is C9H10B2. The van der Waals surface area contributed by atoms with Gasteiger partial charge < -0.3 is 0 Å². The number of hydrogen-bond donors (Lipinski definition) is 0. The molecule has 0 spiro atoms. The van der Waals surface area contributed by atoms with Gasteiger partial charge in [0.15, 0.2) is 0 Å². The minimum atomic E-state index is 0.813. The van der Waals surface area contributed by atoms with E-state index >= 15 is 0 Å². The van der Waals surface area contributed by atoms with Crippen LogP contribution in [0.15, 0.2) is 6.07 Å². The van der Waals surface area contributed by atoms with Crippen LogP contribution in [0.3, 0.4) is 0 Å². The molecule has 0 saturated carbocycles. The molecule has 0 saturated heterocycles. The van der Waals surface area contributed by atoms with E-state index in [-0.39, 0.29) is 0 Å². The second-order valence-corrected chi connectivity index (χ2v) is 2.96. The Bertz CT molecular complexity index is 264. The summed E-state index contributed by atoms with van der Waals surface area (Å²) in [5, 5.41) is 0. The Balaban J connectivity index is 3.46. The summed E-state index contributed by atoms with van der Waals surface area (Å²) < 4.78 is 0. The summed E-state index contributed by atoms with van der Waals surface area (Å²) in [6, 6.07) is 2.01. The molecule has 4 radical (unpaired) electrons. The molecule has 0 aliphatic carbocycles. The second-order valence-electron chi connectivity index (χ2n) is 2.96. The maximum Gasteiger partial charge on any atom is 0.114 e. The first-order valence-electron chi connectivity index (χ1n) is 3.65. The van der Waals surface area contributed by atoms with Gasteiger partial charge in [-0.1, -0.05) is 33.7 Å². The summed E-state index contributed by atoms with van der Waals surface area (Å²) in [5.41, 5.74) is 4.84. The molecule has 1 rings (SSSR count). The zero-order valence-electron chi connectivity index (χ0n) is 7.23. The Hall–Kier alpha value is -0.650. The first-order valence-corrected chi connectivity index (χ1v) is 3.65. The largest absolute Gasteiger partial charge is 0.114 e. The molecule has 1 aromatic rings. The lowest BCUT2D eigenvalue weighted by atomic mass is 9.77. The minimum Gasteiger partial charge on any atom is -0.0915 e. The molecule has 0 fully saturated rings. The third-order valence-electron chi connectivity index (χ3n) is 2.09. The molecule has 0 unspecified atom stereocenters. The van der Waals surface area contributed by atoms with Crippen molar-refractivity contribution in [2.75, 3.05) is 0 Å². The third kappa shape index (κ3) is 1.35. The highest BCUT2D eigenvalue weighted by Crippen LogP contribution is 2.00. The lowest BCUT2D eigenvalue weighted by molar-refractivity contribution is 1.39. The molecule has 0 N–H and O–H groups in total. The smallest absolute Gasteiger partial charge is 0.0915 e. The fourth-order valence-corrected chi connectivity index (χ4v) is 1.22. The predicted octanol–water partition coefficient (Wildman–Crippen LogP) is 0.199. The lowest BCUT2D eigenvalue weighted by Gasteiger charge is -2.11. The van der Waals surface area contributed by atoms with E-state index in [1.165, 1.54) is 0 Å². The van der Waals surface area contributed by atoms with Gasteiger partial charge in [0.05, 0.1) is 0 Å². The van der Waals surface area contributed by atoms with Gasteiger partial charge >= 0.3 is 0 Å². The highest BCUT2D eigenvalue weighted by Gasteiger charge is 2.01. The van der Waals surface area contributed by atoms with Crippen molar-refractivity contribution in [1.29, 1.82) is 0 Å². The summed E-state index contributed by atoms with van der Waals surface area (Å²) in [6.45, 7) is 5.94. The Morgan fingerprint density at radius 2 is 1.27 bits per heavy atom. The van der Waals surface area contributed by atoms with Crippen LogP contribution in [0, 0.1) is 20.8 Å². The van der Waals surface area contributed by atoms with Crippen molar-refractivity contribution in [3.8, 4) is 0 Å². The van der Waals surface area contributed by atoms with E-state index in [2.05, 4.69) is 0 Å². The lowest BCUT2D eigenvalue weighted by Crippen LogP contribution is -2.24. The van der Waals surface area contributed by atoms with Gasteiger partial charge in [0.25, 0.3) is 0 Å². The molecule has 11 heavy (non-hydrogen) atoms. The van der Waals surface area contributed by atoms with Crippen LogP contribution in [0.25, 0.3) is 0 Å². The maximum atomic E-state index is 5.77. The van der Waals surface area contributed by atoms with Gasteiger partial charge in [0, 0.05) is 0 Å². The van der Waals surface area contributed by atoms with Crippen molar-refractivity contribution in [2.45, 2.75) is 20.8 Å². The van der Waals surface area contributed by atoms with E-state index in [1.807, 2.05) is 26.8 Å². The van der Waals surface area contributed by atoms with Crippen LogP contribution in [-0.2, 0) is 0 Å². The molecule has 0 aliphatic heterocycles. The van der Waals surface area contributed by atoms with Gasteiger partial charge in [-0.3, -0.25) is 0 Å². The predicted molar refractivity (Wildman–Crippen MR) is 51.4 cm³/mol. The molecule has 2 heteroatoms. The van der Waals surface area contributed by atoms with Crippen LogP contribution in [-0.4, -0.2) is 15.7 Å². The average Bonchev–Trinajstić information content (AvgIpc) is 1.97. The molecule has 52 valence electrons. The Morgan fingerprint density at radius 3 is 1.64 bits per heavy atom. The van der Waals surface area contributed by atoms with Gasteiger partial charge in [-0.15, -0.1) is 0 Å². The first kappa shape index (κ1) is 8.45. The van der Waals surface area contributed by atoms with Crippen LogP contribution >= 0.6 is 0 Å². The highest BCUT2D eigenvalue weighted by atomic mass is 14.0. The summed E-state index contributed by atoms with van der Waals surface area (Å²) in [4.78, 5) is 0. The second kappa shape index (κ2) is 2.77. The zero-order chi connectivity index (χ0) is 8.59. The molecule has 0 aromatic heterocycles. The number of aryl methyl sites for hydroxylation is 2. The number of hydrogen-bond acceptors (Lipinski definition) is 0. The van der Waals surface area contributed by atoms with Gasteiger partial charge in [0.1, 0.15) is 15.7 Å². The van der Waals surface area contributed by atoms with Crippen molar-refractivity contribution in [3.63, 3.8) is 0 Å². The summed E-state index contributed by atoms with van der Waals surface area (Å²) in [7, 11) is 11.5. The zero-order valence-corrected chi connectivity index (χ0v) is 7.23. The van der Waals surface area contributed by atoms with E-state index < -0.39 is 0 Å². The minimum absolute atomic E-state index is 0.813. The first-order chi connectivity index (χ1) is 5.04. The average molecular weight is 140 g/mol. The van der Waals surface area contributed by atoms with E-state index in [0.717, 1.165) is 27.6 Å². The number of rotatable bonds is 0. The summed E-state index contributed by atoms with van der Waals surface area (Å²) in [6.07, 6.45) is 0. The third-order valence-corrected chi connectivity index (χ3v) is 2.09. The van der Waals surface area contributed by atoms with Crippen molar-refractivity contribution in [2.24, 2.45) is 0 Å². The van der Waals surface area contributed by atoms with Crippen LogP contribution in [0.4, 0.5) is 0 Å². The van der Waals surface area contributed by atoms with Crippen LogP contribution in [0.1, 0.15) is 16.7 Å². The van der Waals surface area contributed by atoms with Gasteiger partial charge in [-0.05, 0) is 20.8 Å². The fraction of sp³-hybridized carbons (Fsp3) is 0.333. The molecular weight excluding hydrogens is 130 g/mol. The number of benzene rings is 1. The summed E-state index contributed by atoms with van der Waals surface area (Å²) in [5.74, 6) is 0. The Labute approximate surface area is 70.8 Å². The SMILES string of the molecule is [B]c1c(C)cc(C)c([B])c1C. The molecule has 0 atom stereocenters. The van der Waals surface area contributed by atoms with E-state index in [1.54, 1.807) is 0 Å². The van der Waals surface area contributed by atoms with E-state index in [9.17, 15) is 0 Å². The van der Waals surface area contributed by atoms with Gasteiger partial charge in [-0.25, -0.2) is 0 Å². The molecule has 0 bridgehead atoms. The molecule has 1 aromatic carbocycles. The van der Waals surface area contributed by atoms with E-state index in [0.29, 0.717) is 0 Å². The van der Waals surface area contributed by atoms with Crippen molar-refractivity contribution in [1.82, 2.24) is 0 Å². The Morgan fingerprint density at radius 1 is 0.909 bits per heavy atom. The normalized spacial score (nSPS) is 10.1. The van der Waals surface area contributed by atoms with Crippen molar-refractivity contribution >= 4 is 26.6 Å².